The molecule has 32 heavy (non-hydrogen) atoms. The van der Waals surface area contributed by atoms with Crippen molar-refractivity contribution >= 4 is 20.9 Å². The largest absolute Gasteiger partial charge is 0.414 e. The van der Waals surface area contributed by atoms with Crippen LogP contribution in [-0.4, -0.2) is 67.9 Å². The van der Waals surface area contributed by atoms with Crippen LogP contribution in [0, 0.1) is 0 Å². The van der Waals surface area contributed by atoms with Crippen molar-refractivity contribution in [2.24, 2.45) is 15.8 Å². The molecule has 9 nitrogen and oxygen atoms in total. The summed E-state index contributed by atoms with van der Waals surface area (Å²) in [6.07, 6.45) is -1.13. The molecule has 0 bridgehead atoms. The second kappa shape index (κ2) is 7.75. The number of aromatic nitrogens is 1. The summed E-state index contributed by atoms with van der Waals surface area (Å²) in [5.41, 5.74) is 5.62. The molecule has 2 aliphatic rings. The average molecular weight is 467 g/mol. The molecular weight excluding hydrogens is 428 g/mol. The zero-order valence-electron chi connectivity index (χ0n) is 20.7. The van der Waals surface area contributed by atoms with Crippen LogP contribution < -0.4 is 5.73 Å². The Morgan fingerprint density at radius 2 is 1.91 bits per heavy atom. The van der Waals surface area contributed by atoms with Crippen LogP contribution in [0.4, 0.5) is 0 Å². The Bertz CT molecular complexity index is 922. The Hall–Kier alpha value is -1.56. The summed E-state index contributed by atoms with van der Waals surface area (Å²) in [5.74, 6) is -2.55. The van der Waals surface area contributed by atoms with E-state index in [1.807, 2.05) is 13.8 Å². The van der Waals surface area contributed by atoms with E-state index in [1.165, 1.54) is 4.68 Å². The summed E-state index contributed by atoms with van der Waals surface area (Å²) in [6.45, 7) is 20.2. The predicted octanol–water partition coefficient (Wildman–Crippen LogP) is 2.76. The Morgan fingerprint density at radius 1 is 1.28 bits per heavy atom. The zero-order chi connectivity index (χ0) is 24.3. The highest BCUT2D eigenvalue weighted by Gasteiger charge is 2.72. The van der Waals surface area contributed by atoms with E-state index >= 15 is 0 Å². The van der Waals surface area contributed by atoms with Gasteiger partial charge in [0.25, 0.3) is 0 Å². The van der Waals surface area contributed by atoms with Gasteiger partial charge in [-0.3, -0.25) is 4.99 Å². The molecule has 0 aromatic carbocycles. The summed E-state index contributed by atoms with van der Waals surface area (Å²) in [6, 6.07) is 3.41. The Balaban J connectivity index is 2.04. The van der Waals surface area contributed by atoms with Crippen LogP contribution in [0.2, 0.25) is 18.1 Å². The van der Waals surface area contributed by atoms with Crippen molar-refractivity contribution in [1.29, 1.82) is 0 Å². The van der Waals surface area contributed by atoms with Gasteiger partial charge in [-0.2, -0.15) is 5.10 Å². The fourth-order valence-electron chi connectivity index (χ4n) is 4.19. The fraction of sp³-hybridized carbons (Fsp3) is 0.727. The molecule has 0 saturated carbocycles. The Kier molecular flexibility index (Phi) is 6.07. The van der Waals surface area contributed by atoms with Gasteiger partial charge in [0.2, 0.25) is 5.79 Å². The minimum absolute atomic E-state index is 0.0326. The quantitative estimate of drug-likeness (QED) is 0.379. The van der Waals surface area contributed by atoms with Crippen molar-refractivity contribution in [2.45, 2.75) is 89.1 Å². The first kappa shape index (κ1) is 25.1. The number of ether oxygens (including phenoxy) is 3. The summed E-state index contributed by atoms with van der Waals surface area (Å²) >= 11 is 0. The molecule has 1 aromatic heterocycles. The molecule has 10 heteroatoms. The summed E-state index contributed by atoms with van der Waals surface area (Å²) in [4.78, 5) is 4.02. The first-order valence-corrected chi connectivity index (χ1v) is 13.8. The predicted molar refractivity (Wildman–Crippen MR) is 126 cm³/mol. The molecule has 3 heterocycles. The van der Waals surface area contributed by atoms with Crippen molar-refractivity contribution < 1.29 is 23.7 Å². The van der Waals surface area contributed by atoms with Crippen molar-refractivity contribution in [2.75, 3.05) is 13.7 Å². The van der Waals surface area contributed by atoms with Crippen molar-refractivity contribution in [3.05, 3.63) is 23.5 Å². The number of aliphatic hydroxyl groups is 1. The maximum atomic E-state index is 12.0. The normalized spacial score (nSPS) is 32.9. The highest BCUT2D eigenvalue weighted by atomic mass is 28.4. The number of aliphatic imine (C=N–C) groups is 1. The number of hydrogen-bond donors (Lipinski definition) is 2. The lowest BCUT2D eigenvalue weighted by Crippen LogP contribution is -2.52. The number of nitrogens with two attached hydrogens (primary N) is 1. The molecule has 3 N–H and O–H groups in total. The Morgan fingerprint density at radius 3 is 2.44 bits per heavy atom. The van der Waals surface area contributed by atoms with Gasteiger partial charge in [-0.1, -0.05) is 20.8 Å². The highest BCUT2D eigenvalue weighted by molar-refractivity contribution is 6.74. The Labute approximate surface area is 191 Å². The van der Waals surface area contributed by atoms with Crippen LogP contribution in [0.15, 0.2) is 22.2 Å². The molecule has 0 amide bonds. The summed E-state index contributed by atoms with van der Waals surface area (Å²) < 4.78 is 26.7. The average Bonchev–Trinajstić information content (AvgIpc) is 3.27. The molecule has 2 aliphatic heterocycles. The first-order chi connectivity index (χ1) is 14.5. The molecule has 0 aliphatic carbocycles. The molecule has 2 fully saturated rings. The number of fused-ring (bicyclic) bond motifs is 1. The van der Waals surface area contributed by atoms with Crippen LogP contribution in [0.25, 0.3) is 0 Å². The maximum absolute atomic E-state index is 12.0. The smallest absolute Gasteiger partial charge is 0.243 e. The van der Waals surface area contributed by atoms with Gasteiger partial charge in [0, 0.05) is 13.8 Å². The fourth-order valence-corrected chi connectivity index (χ4v) is 5.20. The van der Waals surface area contributed by atoms with Gasteiger partial charge >= 0.3 is 0 Å². The minimum atomic E-state index is -2.06. The number of rotatable bonds is 6. The molecule has 1 aromatic rings. The molecule has 4 atom stereocenters. The van der Waals surface area contributed by atoms with Crippen LogP contribution in [-0.2, 0) is 24.4 Å². The van der Waals surface area contributed by atoms with Gasteiger partial charge in [0.15, 0.2) is 19.7 Å². The third kappa shape index (κ3) is 3.76. The van der Waals surface area contributed by atoms with Crippen LogP contribution in [0.1, 0.15) is 52.9 Å². The van der Waals surface area contributed by atoms with E-state index < -0.39 is 37.7 Å². The lowest BCUT2D eigenvalue weighted by atomic mass is 9.88. The van der Waals surface area contributed by atoms with Gasteiger partial charge < -0.3 is 29.5 Å². The van der Waals surface area contributed by atoms with Crippen molar-refractivity contribution in [3.8, 4) is 0 Å². The van der Waals surface area contributed by atoms with Crippen molar-refractivity contribution in [3.63, 3.8) is 0 Å². The number of hydrogen-bond acceptors (Lipinski definition) is 7. The topological polar surface area (TPSA) is 113 Å². The second-order valence-corrected chi connectivity index (χ2v) is 15.5. The minimum Gasteiger partial charge on any atom is -0.414 e. The van der Waals surface area contributed by atoms with E-state index in [0.29, 0.717) is 11.4 Å². The van der Waals surface area contributed by atoms with Crippen LogP contribution in [0.5, 0.6) is 0 Å². The van der Waals surface area contributed by atoms with E-state index in [4.69, 9.17) is 24.4 Å². The van der Waals surface area contributed by atoms with Gasteiger partial charge in [0.1, 0.15) is 29.4 Å². The van der Waals surface area contributed by atoms with Crippen LogP contribution in [0.3, 0.4) is 0 Å². The molecule has 3 rings (SSSR count). The van der Waals surface area contributed by atoms with Crippen molar-refractivity contribution in [1.82, 2.24) is 4.68 Å². The molecule has 0 spiro atoms. The summed E-state index contributed by atoms with van der Waals surface area (Å²) in [5, 5.41) is 16.1. The van der Waals surface area contributed by atoms with E-state index in [2.05, 4.69) is 50.7 Å². The third-order valence-electron chi connectivity index (χ3n) is 7.01. The number of nitrogens with zero attached hydrogens (tertiary/aromatic N) is 3. The molecular formula is C22H38N4O5Si. The molecule has 180 valence electrons. The molecule has 1 unspecified atom stereocenters. The van der Waals surface area contributed by atoms with Gasteiger partial charge in [-0.25, -0.2) is 4.68 Å². The lowest BCUT2D eigenvalue weighted by Gasteiger charge is -2.38. The molecule has 0 radical (unpaired) electrons. The van der Waals surface area contributed by atoms with E-state index in [1.54, 1.807) is 26.1 Å². The van der Waals surface area contributed by atoms with Gasteiger partial charge in [-0.15, -0.1) is 0 Å². The summed E-state index contributed by atoms with van der Waals surface area (Å²) in [7, 11) is -0.478. The van der Waals surface area contributed by atoms with Gasteiger partial charge in [0.05, 0.1) is 6.61 Å². The number of amidine groups is 1. The first-order valence-electron chi connectivity index (χ1n) is 10.9. The van der Waals surface area contributed by atoms with E-state index in [-0.39, 0.29) is 17.5 Å². The SMILES string of the molecule is C=Nn1c(C(N)=NC)ccc1C1(O)O[C@H](CO[Si](C)(C)C(C)(C)C)[C@H]2OC(C)(C)O[C@]21C. The standard InChI is InChI=1S/C22H38N4O5Si/c1-19(2,3)32(9,10)28-13-15-17-21(6,31-20(4,5)30-17)22(27,29-15)16-12-11-14(18(23)24-7)26(16)25-8/h11-12,15,17,27H,8,13H2,1-7,9-10H3,(H2,23,24)/t15-,17-,21-,22?/m1/s1. The van der Waals surface area contributed by atoms with E-state index in [0.717, 1.165) is 0 Å². The maximum Gasteiger partial charge on any atom is 0.243 e. The highest BCUT2D eigenvalue weighted by Crippen LogP contribution is 2.55. The molecule has 2 saturated heterocycles. The van der Waals surface area contributed by atoms with Gasteiger partial charge in [-0.05, 0) is 51.0 Å². The van der Waals surface area contributed by atoms with E-state index in [9.17, 15) is 5.11 Å². The zero-order valence-corrected chi connectivity index (χ0v) is 21.7. The third-order valence-corrected chi connectivity index (χ3v) is 11.5. The lowest BCUT2D eigenvalue weighted by molar-refractivity contribution is -0.311. The second-order valence-electron chi connectivity index (χ2n) is 10.7. The van der Waals surface area contributed by atoms with Crippen LogP contribution >= 0.6 is 0 Å². The monoisotopic (exact) mass is 466 g/mol.